The van der Waals surface area contributed by atoms with Crippen LogP contribution in [0.25, 0.3) is 11.1 Å². The smallest absolute Gasteiger partial charge is 0.338 e. The third kappa shape index (κ3) is 1.83. The standard InChI is InChI=1S/C11H8N2O2/c14-11(15)10-7-13-12-6-9(10)8-4-2-1-3-5-8/h1-7H,(H,14,15). The van der Waals surface area contributed by atoms with E-state index < -0.39 is 5.97 Å². The molecular weight excluding hydrogens is 192 g/mol. The number of carbonyl (C=O) groups is 1. The van der Waals surface area contributed by atoms with E-state index in [1.54, 1.807) is 0 Å². The Balaban J connectivity index is 2.58. The Hall–Kier alpha value is -2.23. The van der Waals surface area contributed by atoms with Crippen LogP contribution in [0.5, 0.6) is 0 Å². The van der Waals surface area contributed by atoms with Gasteiger partial charge in [0.1, 0.15) is 0 Å². The molecular formula is C11H8N2O2. The zero-order valence-electron chi connectivity index (χ0n) is 7.79. The van der Waals surface area contributed by atoms with Gasteiger partial charge in [-0.2, -0.15) is 10.2 Å². The topological polar surface area (TPSA) is 63.1 Å². The fraction of sp³-hybridized carbons (Fsp3) is 0. The highest BCUT2D eigenvalue weighted by molar-refractivity contribution is 5.95. The van der Waals surface area contributed by atoms with Crippen LogP contribution in [0.4, 0.5) is 0 Å². The molecule has 0 spiro atoms. The van der Waals surface area contributed by atoms with Crippen molar-refractivity contribution >= 4 is 5.97 Å². The molecule has 0 radical (unpaired) electrons. The lowest BCUT2D eigenvalue weighted by Crippen LogP contribution is -2.01. The van der Waals surface area contributed by atoms with E-state index in [0.29, 0.717) is 5.56 Å². The number of aromatic nitrogens is 2. The molecule has 0 atom stereocenters. The summed E-state index contributed by atoms with van der Waals surface area (Å²) in [7, 11) is 0. The minimum absolute atomic E-state index is 0.163. The molecule has 0 unspecified atom stereocenters. The van der Waals surface area contributed by atoms with Crippen LogP contribution in [0.15, 0.2) is 42.7 Å². The number of hydrogen-bond acceptors (Lipinski definition) is 3. The molecule has 74 valence electrons. The summed E-state index contributed by atoms with van der Waals surface area (Å²) < 4.78 is 0. The first-order chi connectivity index (χ1) is 7.29. The average Bonchev–Trinajstić information content (AvgIpc) is 2.30. The summed E-state index contributed by atoms with van der Waals surface area (Å²) in [4.78, 5) is 10.9. The summed E-state index contributed by atoms with van der Waals surface area (Å²) in [5, 5.41) is 16.2. The Morgan fingerprint density at radius 3 is 2.40 bits per heavy atom. The van der Waals surface area contributed by atoms with E-state index in [0.717, 1.165) is 5.56 Å². The van der Waals surface area contributed by atoms with Gasteiger partial charge in [-0.3, -0.25) is 0 Å². The predicted octanol–water partition coefficient (Wildman–Crippen LogP) is 1.84. The Morgan fingerprint density at radius 2 is 1.73 bits per heavy atom. The second-order valence-electron chi connectivity index (χ2n) is 2.99. The zero-order valence-corrected chi connectivity index (χ0v) is 7.79. The van der Waals surface area contributed by atoms with Crippen LogP contribution in [0, 0.1) is 0 Å². The minimum atomic E-state index is -0.997. The van der Waals surface area contributed by atoms with Crippen molar-refractivity contribution < 1.29 is 9.90 Å². The summed E-state index contributed by atoms with van der Waals surface area (Å²) in [6, 6.07) is 9.24. The number of carboxylic acids is 1. The van der Waals surface area contributed by atoms with E-state index in [-0.39, 0.29) is 5.56 Å². The van der Waals surface area contributed by atoms with Gasteiger partial charge in [-0.05, 0) is 5.56 Å². The quantitative estimate of drug-likeness (QED) is 0.803. The van der Waals surface area contributed by atoms with Crippen LogP contribution in [-0.2, 0) is 0 Å². The number of carboxylic acid groups (broad SMARTS) is 1. The van der Waals surface area contributed by atoms with Gasteiger partial charge in [0.25, 0.3) is 0 Å². The van der Waals surface area contributed by atoms with Crippen LogP contribution < -0.4 is 0 Å². The van der Waals surface area contributed by atoms with Gasteiger partial charge in [0, 0.05) is 5.56 Å². The zero-order chi connectivity index (χ0) is 10.7. The number of benzene rings is 1. The second kappa shape index (κ2) is 3.88. The normalized spacial score (nSPS) is 9.87. The molecule has 2 rings (SSSR count). The summed E-state index contributed by atoms with van der Waals surface area (Å²) in [5.74, 6) is -0.997. The summed E-state index contributed by atoms with van der Waals surface area (Å²) in [5.41, 5.74) is 1.57. The second-order valence-corrected chi connectivity index (χ2v) is 2.99. The first kappa shape index (κ1) is 9.33. The molecule has 15 heavy (non-hydrogen) atoms. The van der Waals surface area contributed by atoms with Gasteiger partial charge in [-0.15, -0.1) is 0 Å². The lowest BCUT2D eigenvalue weighted by atomic mass is 10.0. The van der Waals surface area contributed by atoms with Crippen LogP contribution >= 0.6 is 0 Å². The van der Waals surface area contributed by atoms with E-state index in [9.17, 15) is 4.79 Å². The van der Waals surface area contributed by atoms with Gasteiger partial charge >= 0.3 is 5.97 Å². The Kier molecular flexibility index (Phi) is 2.41. The number of rotatable bonds is 2. The van der Waals surface area contributed by atoms with Crippen LogP contribution in [0.3, 0.4) is 0 Å². The van der Waals surface area contributed by atoms with Crippen molar-refractivity contribution in [3.63, 3.8) is 0 Å². The molecule has 0 fully saturated rings. The van der Waals surface area contributed by atoms with Crippen molar-refractivity contribution in [2.75, 3.05) is 0 Å². The van der Waals surface area contributed by atoms with E-state index in [1.807, 2.05) is 30.3 Å². The van der Waals surface area contributed by atoms with E-state index in [2.05, 4.69) is 10.2 Å². The van der Waals surface area contributed by atoms with Crippen molar-refractivity contribution in [1.29, 1.82) is 0 Å². The largest absolute Gasteiger partial charge is 0.478 e. The van der Waals surface area contributed by atoms with E-state index >= 15 is 0 Å². The SMILES string of the molecule is O=C(O)c1cnncc1-c1ccccc1. The van der Waals surface area contributed by atoms with Gasteiger partial charge < -0.3 is 5.11 Å². The monoisotopic (exact) mass is 200 g/mol. The van der Waals surface area contributed by atoms with Gasteiger partial charge in [0.2, 0.25) is 0 Å². The molecule has 1 heterocycles. The molecule has 1 aromatic carbocycles. The molecule has 0 aliphatic heterocycles. The van der Waals surface area contributed by atoms with Crippen molar-refractivity contribution in [2.45, 2.75) is 0 Å². The van der Waals surface area contributed by atoms with Crippen LogP contribution in [-0.4, -0.2) is 21.3 Å². The van der Waals surface area contributed by atoms with E-state index in [1.165, 1.54) is 12.4 Å². The average molecular weight is 200 g/mol. The maximum absolute atomic E-state index is 10.9. The van der Waals surface area contributed by atoms with Crippen molar-refractivity contribution in [3.05, 3.63) is 48.3 Å². The Morgan fingerprint density at radius 1 is 1.07 bits per heavy atom. The molecule has 0 bridgehead atoms. The molecule has 4 nitrogen and oxygen atoms in total. The maximum Gasteiger partial charge on any atom is 0.338 e. The lowest BCUT2D eigenvalue weighted by Gasteiger charge is -2.03. The lowest BCUT2D eigenvalue weighted by molar-refractivity contribution is 0.0697. The fourth-order valence-corrected chi connectivity index (χ4v) is 1.34. The third-order valence-corrected chi connectivity index (χ3v) is 2.05. The third-order valence-electron chi connectivity index (χ3n) is 2.05. The maximum atomic E-state index is 10.9. The first-order valence-electron chi connectivity index (χ1n) is 4.38. The summed E-state index contributed by atoms with van der Waals surface area (Å²) in [6.45, 7) is 0. The van der Waals surface area contributed by atoms with Gasteiger partial charge in [-0.25, -0.2) is 4.79 Å². The first-order valence-corrected chi connectivity index (χ1v) is 4.38. The Labute approximate surface area is 86.2 Å². The molecule has 0 saturated carbocycles. The van der Waals surface area contributed by atoms with Gasteiger partial charge in [0.15, 0.2) is 0 Å². The van der Waals surface area contributed by atoms with Crippen LogP contribution in [0.1, 0.15) is 10.4 Å². The highest BCUT2D eigenvalue weighted by Gasteiger charge is 2.11. The molecule has 1 aromatic heterocycles. The van der Waals surface area contributed by atoms with Gasteiger partial charge in [-0.1, -0.05) is 30.3 Å². The summed E-state index contributed by atoms with van der Waals surface area (Å²) in [6.07, 6.45) is 2.71. The number of nitrogens with zero attached hydrogens (tertiary/aromatic N) is 2. The molecule has 0 aliphatic carbocycles. The molecule has 0 aliphatic rings. The van der Waals surface area contributed by atoms with Crippen LogP contribution in [0.2, 0.25) is 0 Å². The van der Waals surface area contributed by atoms with E-state index in [4.69, 9.17) is 5.11 Å². The van der Waals surface area contributed by atoms with Crippen molar-refractivity contribution in [3.8, 4) is 11.1 Å². The molecule has 0 saturated heterocycles. The Bertz CT molecular complexity index is 483. The minimum Gasteiger partial charge on any atom is -0.478 e. The molecule has 1 N–H and O–H groups in total. The van der Waals surface area contributed by atoms with Gasteiger partial charge in [0.05, 0.1) is 18.0 Å². The molecule has 4 heteroatoms. The highest BCUT2D eigenvalue weighted by atomic mass is 16.4. The fourth-order valence-electron chi connectivity index (χ4n) is 1.34. The predicted molar refractivity (Wildman–Crippen MR) is 54.4 cm³/mol. The molecule has 0 amide bonds. The highest BCUT2D eigenvalue weighted by Crippen LogP contribution is 2.21. The number of aromatic carboxylic acids is 1. The number of hydrogen-bond donors (Lipinski definition) is 1. The molecule has 2 aromatic rings. The van der Waals surface area contributed by atoms with Crippen molar-refractivity contribution in [1.82, 2.24) is 10.2 Å². The van der Waals surface area contributed by atoms with Crippen molar-refractivity contribution in [2.24, 2.45) is 0 Å². The summed E-state index contributed by atoms with van der Waals surface area (Å²) >= 11 is 0.